The van der Waals surface area contributed by atoms with Gasteiger partial charge in [-0.05, 0) is 101 Å². The van der Waals surface area contributed by atoms with Gasteiger partial charge in [0.15, 0.2) is 0 Å². The van der Waals surface area contributed by atoms with Crippen molar-refractivity contribution in [2.24, 2.45) is 34.5 Å². The molecule has 5 aliphatic rings. The SMILES string of the molecule is CC1CCCC(C)N1C(=O)[C@H]1CC[C@H]2[C@@H]3CC[C@H]4NC(=O)C=C[C@]4(C)[C@H]3CC[C@]12C. The molecule has 0 aromatic carbocycles. The second-order valence-corrected chi connectivity index (χ2v) is 11.8. The molecule has 2 unspecified atom stereocenters. The fraction of sp³-hybridized carbons (Fsp3) is 0.846. The van der Waals surface area contributed by atoms with Crippen molar-refractivity contribution in [3.63, 3.8) is 0 Å². The second kappa shape index (κ2) is 7.10. The van der Waals surface area contributed by atoms with Crippen LogP contribution in [-0.4, -0.2) is 34.8 Å². The summed E-state index contributed by atoms with van der Waals surface area (Å²) in [5.74, 6) is 2.73. The molecular formula is C26H40N2O2. The van der Waals surface area contributed by atoms with Gasteiger partial charge in [-0.15, -0.1) is 0 Å². The lowest BCUT2D eigenvalue weighted by Gasteiger charge is -2.59. The minimum absolute atomic E-state index is 0.0767. The van der Waals surface area contributed by atoms with E-state index in [1.165, 1.54) is 25.7 Å². The number of nitrogens with zero attached hydrogens (tertiary/aromatic N) is 1. The molecule has 4 fully saturated rings. The van der Waals surface area contributed by atoms with E-state index in [4.69, 9.17) is 0 Å². The third-order valence-electron chi connectivity index (χ3n) is 10.4. The van der Waals surface area contributed by atoms with E-state index in [2.05, 4.69) is 44.0 Å². The van der Waals surface area contributed by atoms with Crippen molar-refractivity contribution in [1.29, 1.82) is 0 Å². The zero-order valence-corrected chi connectivity index (χ0v) is 19.3. The monoisotopic (exact) mass is 412 g/mol. The maximum Gasteiger partial charge on any atom is 0.243 e. The van der Waals surface area contributed by atoms with Crippen LogP contribution in [0.4, 0.5) is 0 Å². The molecule has 0 radical (unpaired) electrons. The minimum atomic E-state index is 0.0767. The molecule has 2 aliphatic heterocycles. The van der Waals surface area contributed by atoms with Crippen LogP contribution in [0.1, 0.15) is 85.5 Å². The Kier molecular flexibility index (Phi) is 4.87. The Morgan fingerprint density at radius 2 is 1.73 bits per heavy atom. The van der Waals surface area contributed by atoms with Gasteiger partial charge in [0.25, 0.3) is 0 Å². The third kappa shape index (κ3) is 2.84. The summed E-state index contributed by atoms with van der Waals surface area (Å²) in [6, 6.07) is 1.07. The summed E-state index contributed by atoms with van der Waals surface area (Å²) in [5.41, 5.74) is 0.232. The average Bonchev–Trinajstić information content (AvgIpc) is 3.05. The molecule has 2 amide bonds. The zero-order valence-electron chi connectivity index (χ0n) is 19.3. The number of carbonyl (C=O) groups is 2. The molecule has 5 rings (SSSR count). The lowest BCUT2D eigenvalue weighted by Crippen LogP contribution is -2.60. The number of likely N-dealkylation sites (tertiary alicyclic amines) is 1. The molecule has 4 heteroatoms. The van der Waals surface area contributed by atoms with Gasteiger partial charge in [-0.1, -0.05) is 19.9 Å². The lowest BCUT2D eigenvalue weighted by molar-refractivity contribution is -0.149. The number of rotatable bonds is 1. The van der Waals surface area contributed by atoms with Gasteiger partial charge in [-0.2, -0.15) is 0 Å². The highest BCUT2D eigenvalue weighted by Gasteiger charge is 2.61. The van der Waals surface area contributed by atoms with E-state index in [-0.39, 0.29) is 28.7 Å². The van der Waals surface area contributed by atoms with E-state index < -0.39 is 0 Å². The first-order chi connectivity index (χ1) is 14.3. The van der Waals surface area contributed by atoms with E-state index in [1.807, 2.05) is 0 Å². The van der Waals surface area contributed by atoms with Gasteiger partial charge in [-0.3, -0.25) is 9.59 Å². The molecular weight excluding hydrogens is 372 g/mol. The third-order valence-corrected chi connectivity index (χ3v) is 10.4. The number of hydrogen-bond acceptors (Lipinski definition) is 2. The highest BCUT2D eigenvalue weighted by molar-refractivity contribution is 5.89. The van der Waals surface area contributed by atoms with Crippen molar-refractivity contribution >= 4 is 11.8 Å². The van der Waals surface area contributed by atoms with Crippen LogP contribution in [0, 0.1) is 34.5 Å². The van der Waals surface area contributed by atoms with Crippen molar-refractivity contribution in [1.82, 2.24) is 10.2 Å². The van der Waals surface area contributed by atoms with Crippen LogP contribution in [0.25, 0.3) is 0 Å². The van der Waals surface area contributed by atoms with E-state index in [0.29, 0.717) is 35.7 Å². The summed E-state index contributed by atoms with van der Waals surface area (Å²) in [7, 11) is 0. The van der Waals surface area contributed by atoms with Crippen molar-refractivity contribution in [3.05, 3.63) is 12.2 Å². The first-order valence-corrected chi connectivity index (χ1v) is 12.6. The number of piperidine rings is 1. The summed E-state index contributed by atoms with van der Waals surface area (Å²) in [6.45, 7) is 9.34. The molecule has 0 aromatic heterocycles. The van der Waals surface area contributed by atoms with Gasteiger partial charge in [0, 0.05) is 29.5 Å². The van der Waals surface area contributed by atoms with Gasteiger partial charge < -0.3 is 10.2 Å². The standard InChI is InChI=1S/C26H40N2O2/c1-16-6-5-7-17(2)28(16)24(30)21-10-9-19-18-8-11-22-26(4,15-13-23(29)27-22)20(18)12-14-25(19,21)3/h13,15-22H,5-12,14H2,1-4H3,(H,27,29)/t16?,17?,18-,19-,20-,21+,22+,25-,26+/m0/s1. The molecule has 9 atom stereocenters. The van der Waals surface area contributed by atoms with Crippen molar-refractivity contribution in [3.8, 4) is 0 Å². The number of carbonyl (C=O) groups excluding carboxylic acids is 2. The summed E-state index contributed by atoms with van der Waals surface area (Å²) >= 11 is 0. The van der Waals surface area contributed by atoms with Crippen molar-refractivity contribution in [2.45, 2.75) is 104 Å². The van der Waals surface area contributed by atoms with Crippen molar-refractivity contribution < 1.29 is 9.59 Å². The number of amides is 2. The first kappa shape index (κ1) is 20.6. The average molecular weight is 413 g/mol. The normalized spacial score (nSPS) is 50.3. The Balaban J connectivity index is 1.40. The van der Waals surface area contributed by atoms with Crippen LogP contribution < -0.4 is 5.32 Å². The number of nitrogens with one attached hydrogen (secondary N) is 1. The molecule has 2 heterocycles. The van der Waals surface area contributed by atoms with Gasteiger partial charge in [0.1, 0.15) is 0 Å². The first-order valence-electron chi connectivity index (χ1n) is 12.6. The Morgan fingerprint density at radius 3 is 2.47 bits per heavy atom. The Labute approximate surface area is 182 Å². The van der Waals surface area contributed by atoms with E-state index in [1.54, 1.807) is 6.08 Å². The topological polar surface area (TPSA) is 49.4 Å². The highest BCUT2D eigenvalue weighted by atomic mass is 16.2. The highest BCUT2D eigenvalue weighted by Crippen LogP contribution is 2.65. The van der Waals surface area contributed by atoms with Crippen LogP contribution in [0.2, 0.25) is 0 Å². The molecule has 166 valence electrons. The molecule has 1 saturated heterocycles. The van der Waals surface area contributed by atoms with Crippen LogP contribution in [-0.2, 0) is 9.59 Å². The maximum absolute atomic E-state index is 13.8. The lowest BCUT2D eigenvalue weighted by atomic mass is 9.48. The number of hydrogen-bond donors (Lipinski definition) is 1. The van der Waals surface area contributed by atoms with E-state index >= 15 is 0 Å². The van der Waals surface area contributed by atoms with Gasteiger partial charge in [0.05, 0.1) is 0 Å². The number of fused-ring (bicyclic) bond motifs is 5. The van der Waals surface area contributed by atoms with Crippen LogP contribution >= 0.6 is 0 Å². The zero-order chi connectivity index (χ0) is 21.3. The predicted octanol–water partition coefficient (Wildman–Crippen LogP) is 4.69. The fourth-order valence-corrected chi connectivity index (χ4v) is 8.77. The molecule has 4 nitrogen and oxygen atoms in total. The maximum atomic E-state index is 13.8. The Bertz CT molecular complexity index is 752. The quantitative estimate of drug-likeness (QED) is 0.679. The summed E-state index contributed by atoms with van der Waals surface area (Å²) in [4.78, 5) is 28.0. The summed E-state index contributed by atoms with van der Waals surface area (Å²) in [5, 5.41) is 3.25. The van der Waals surface area contributed by atoms with Crippen molar-refractivity contribution in [2.75, 3.05) is 0 Å². The van der Waals surface area contributed by atoms with Crippen LogP contribution in [0.3, 0.4) is 0 Å². The predicted molar refractivity (Wildman–Crippen MR) is 119 cm³/mol. The second-order valence-electron chi connectivity index (χ2n) is 11.8. The molecule has 3 saturated carbocycles. The molecule has 0 aromatic rings. The molecule has 3 aliphatic carbocycles. The largest absolute Gasteiger partial charge is 0.349 e. The van der Waals surface area contributed by atoms with Crippen LogP contribution in [0.5, 0.6) is 0 Å². The molecule has 1 N–H and O–H groups in total. The summed E-state index contributed by atoms with van der Waals surface area (Å²) in [6.07, 6.45) is 14.5. The molecule has 0 bridgehead atoms. The van der Waals surface area contributed by atoms with E-state index in [9.17, 15) is 9.59 Å². The fourth-order valence-electron chi connectivity index (χ4n) is 8.77. The summed E-state index contributed by atoms with van der Waals surface area (Å²) < 4.78 is 0. The smallest absolute Gasteiger partial charge is 0.243 e. The van der Waals surface area contributed by atoms with Gasteiger partial charge in [0.2, 0.25) is 11.8 Å². The Hall–Kier alpha value is -1.32. The Morgan fingerprint density at radius 1 is 1.00 bits per heavy atom. The van der Waals surface area contributed by atoms with E-state index in [0.717, 1.165) is 32.1 Å². The van der Waals surface area contributed by atoms with Gasteiger partial charge >= 0.3 is 0 Å². The van der Waals surface area contributed by atoms with Crippen LogP contribution in [0.15, 0.2) is 12.2 Å². The van der Waals surface area contributed by atoms with Gasteiger partial charge in [-0.25, -0.2) is 0 Å². The molecule has 0 spiro atoms. The minimum Gasteiger partial charge on any atom is -0.349 e. The molecule has 30 heavy (non-hydrogen) atoms.